The van der Waals surface area contributed by atoms with Crippen LogP contribution in [0.1, 0.15) is 84.5 Å². The Balaban J connectivity index is 0.000000249. The second-order valence-electron chi connectivity index (χ2n) is 11.6. The summed E-state index contributed by atoms with van der Waals surface area (Å²) in [4.78, 5) is 45.1. The molecule has 4 rings (SSSR count). The monoisotopic (exact) mass is 535 g/mol. The number of rotatable bonds is 6. The Bertz CT molecular complexity index is 1030. The number of amides is 2. The molecule has 2 aliphatic heterocycles. The van der Waals surface area contributed by atoms with E-state index in [4.69, 9.17) is 15.3 Å². The number of benzene rings is 2. The zero-order valence-corrected chi connectivity index (χ0v) is 24.5. The van der Waals surface area contributed by atoms with Crippen molar-refractivity contribution in [3.05, 3.63) is 71.8 Å². The molecule has 5 atom stereocenters. The molecule has 2 aromatic carbocycles. The Morgan fingerprint density at radius 3 is 1.46 bits per heavy atom. The van der Waals surface area contributed by atoms with Crippen LogP contribution in [-0.4, -0.2) is 46.4 Å². The van der Waals surface area contributed by atoms with Gasteiger partial charge in [-0.05, 0) is 50.2 Å². The largest absolute Gasteiger partial charge is 0.373 e. The molecule has 2 saturated heterocycles. The van der Waals surface area contributed by atoms with Crippen LogP contribution in [0.5, 0.6) is 0 Å². The van der Waals surface area contributed by atoms with E-state index in [1.54, 1.807) is 0 Å². The Kier molecular flexibility index (Phi) is 11.2. The van der Waals surface area contributed by atoms with Gasteiger partial charge in [0.2, 0.25) is 11.8 Å². The molecule has 7 heteroatoms. The van der Waals surface area contributed by atoms with Crippen molar-refractivity contribution >= 4 is 18.0 Å². The van der Waals surface area contributed by atoms with Gasteiger partial charge >= 0.3 is 6.15 Å². The molecule has 2 aliphatic rings. The fourth-order valence-corrected chi connectivity index (χ4v) is 6.05. The van der Waals surface area contributed by atoms with Gasteiger partial charge in [0, 0.05) is 24.5 Å². The van der Waals surface area contributed by atoms with E-state index in [1.165, 1.54) is 11.1 Å². The van der Waals surface area contributed by atoms with Crippen molar-refractivity contribution in [2.24, 2.45) is 23.0 Å². The van der Waals surface area contributed by atoms with E-state index in [2.05, 4.69) is 58.9 Å². The lowest BCUT2D eigenvalue weighted by molar-refractivity contribution is -0.191. The maximum absolute atomic E-state index is 12.5. The third kappa shape index (κ3) is 7.43. The van der Waals surface area contributed by atoms with Crippen molar-refractivity contribution in [1.29, 1.82) is 0 Å². The van der Waals surface area contributed by atoms with E-state index in [9.17, 15) is 9.59 Å². The summed E-state index contributed by atoms with van der Waals surface area (Å²) in [5.74, 6) is 0.630. The summed E-state index contributed by atoms with van der Waals surface area (Å²) in [6.45, 7) is 16.2. The molecule has 2 fully saturated rings. The van der Waals surface area contributed by atoms with Crippen LogP contribution in [0.3, 0.4) is 0 Å². The molecule has 2 N–H and O–H groups in total. The van der Waals surface area contributed by atoms with E-state index in [1.807, 2.05) is 60.0 Å². The minimum absolute atomic E-state index is 0.0522. The number of hydrogen-bond donors (Lipinski definition) is 1. The van der Waals surface area contributed by atoms with E-state index < -0.39 is 5.54 Å². The maximum Gasteiger partial charge on any atom is 0.373 e. The average Bonchev–Trinajstić information content (AvgIpc) is 3.30. The highest BCUT2D eigenvalue weighted by Crippen LogP contribution is 2.41. The van der Waals surface area contributed by atoms with E-state index in [0.29, 0.717) is 12.5 Å². The summed E-state index contributed by atoms with van der Waals surface area (Å²) in [5.41, 5.74) is 8.34. The molecule has 2 aromatic rings. The van der Waals surface area contributed by atoms with Gasteiger partial charge in [-0.2, -0.15) is 9.59 Å². The Morgan fingerprint density at radius 2 is 1.13 bits per heavy atom. The van der Waals surface area contributed by atoms with Gasteiger partial charge in [0.25, 0.3) is 0 Å². The second-order valence-corrected chi connectivity index (χ2v) is 11.6. The van der Waals surface area contributed by atoms with Crippen LogP contribution >= 0.6 is 0 Å². The van der Waals surface area contributed by atoms with Crippen molar-refractivity contribution in [3.63, 3.8) is 0 Å². The second kappa shape index (κ2) is 13.7. The van der Waals surface area contributed by atoms with E-state index in [0.717, 1.165) is 19.4 Å². The van der Waals surface area contributed by atoms with Gasteiger partial charge in [-0.25, -0.2) is 0 Å². The van der Waals surface area contributed by atoms with Crippen molar-refractivity contribution in [1.82, 2.24) is 9.80 Å². The van der Waals surface area contributed by atoms with Gasteiger partial charge in [0.05, 0.1) is 18.0 Å². The molecule has 2 amide bonds. The first-order valence-electron chi connectivity index (χ1n) is 13.8. The Labute approximate surface area is 233 Å². The van der Waals surface area contributed by atoms with Crippen LogP contribution in [0.25, 0.3) is 0 Å². The molecule has 0 bridgehead atoms. The highest BCUT2D eigenvalue weighted by molar-refractivity contribution is 5.83. The highest BCUT2D eigenvalue weighted by Gasteiger charge is 2.47. The highest BCUT2D eigenvalue weighted by atomic mass is 16.2. The lowest BCUT2D eigenvalue weighted by Crippen LogP contribution is -2.44. The number of likely N-dealkylation sites (tertiary alicyclic amines) is 2. The number of carbonyl (C=O) groups is 2. The molecule has 212 valence electrons. The quantitative estimate of drug-likeness (QED) is 0.534. The molecule has 2 heterocycles. The Hall–Kier alpha value is -3.28. The fourth-order valence-electron chi connectivity index (χ4n) is 6.05. The summed E-state index contributed by atoms with van der Waals surface area (Å²) in [7, 11) is 0. The molecule has 0 spiro atoms. The first-order valence-corrected chi connectivity index (χ1v) is 13.8. The molecule has 0 aromatic heterocycles. The molecular weight excluding hydrogens is 490 g/mol. The van der Waals surface area contributed by atoms with Gasteiger partial charge < -0.3 is 15.5 Å². The maximum atomic E-state index is 12.5. The molecule has 0 aliphatic carbocycles. The predicted octanol–water partition coefficient (Wildman–Crippen LogP) is 5.39. The summed E-state index contributed by atoms with van der Waals surface area (Å²) in [6.07, 6.45) is 1.99. The third-order valence-corrected chi connectivity index (χ3v) is 8.31. The van der Waals surface area contributed by atoms with E-state index >= 15 is 0 Å². The van der Waals surface area contributed by atoms with Crippen molar-refractivity contribution in [2.45, 2.75) is 78.9 Å². The normalized spacial score (nSPS) is 25.1. The summed E-state index contributed by atoms with van der Waals surface area (Å²) >= 11 is 0. The predicted molar refractivity (Wildman–Crippen MR) is 152 cm³/mol. The standard InChI is InChI=1S/C16H23NO.C15H22N2O.CO2/c1-5-14-15(18)17(11-16(14,3)4)12(2)13-9-7-6-8-10-13;1-4-13-14(18)17(10-15(13,3)16)11(2)12-8-6-5-7-9-12;2-1-3/h6-10,12,14H,5,11H2,1-4H3;5-9,11,13H,4,10,16H2,1-3H3;/t12-,14?;11-,13?,15?;/m11./s1. The summed E-state index contributed by atoms with van der Waals surface area (Å²) < 4.78 is 0. The minimum Gasteiger partial charge on any atom is -0.335 e. The lowest BCUT2D eigenvalue weighted by Gasteiger charge is -2.26. The molecule has 7 nitrogen and oxygen atoms in total. The molecule has 3 unspecified atom stereocenters. The number of nitrogens with two attached hydrogens (primary N) is 1. The van der Waals surface area contributed by atoms with Gasteiger partial charge in [-0.15, -0.1) is 0 Å². The first-order chi connectivity index (χ1) is 18.4. The van der Waals surface area contributed by atoms with Crippen LogP contribution in [0, 0.1) is 17.3 Å². The number of carbonyl (C=O) groups excluding carboxylic acids is 4. The average molecular weight is 536 g/mol. The first kappa shape index (κ1) is 31.9. The zero-order valence-electron chi connectivity index (χ0n) is 24.5. The summed E-state index contributed by atoms with van der Waals surface area (Å²) in [6, 6.07) is 20.7. The van der Waals surface area contributed by atoms with Crippen LogP contribution in [0.15, 0.2) is 60.7 Å². The zero-order chi connectivity index (χ0) is 29.4. The van der Waals surface area contributed by atoms with Crippen molar-refractivity contribution in [3.8, 4) is 0 Å². The summed E-state index contributed by atoms with van der Waals surface area (Å²) in [5, 5.41) is 0. The van der Waals surface area contributed by atoms with Gasteiger partial charge in [-0.1, -0.05) is 88.4 Å². The van der Waals surface area contributed by atoms with Crippen molar-refractivity contribution < 1.29 is 19.2 Å². The van der Waals surface area contributed by atoms with Gasteiger partial charge in [-0.3, -0.25) is 9.59 Å². The third-order valence-electron chi connectivity index (χ3n) is 8.31. The van der Waals surface area contributed by atoms with Crippen molar-refractivity contribution in [2.75, 3.05) is 13.1 Å². The smallest absolute Gasteiger partial charge is 0.335 e. The number of hydrogen-bond acceptors (Lipinski definition) is 5. The van der Waals surface area contributed by atoms with Crippen LogP contribution < -0.4 is 5.73 Å². The molecule has 39 heavy (non-hydrogen) atoms. The molecular formula is C32H45N3O4. The minimum atomic E-state index is -0.408. The Morgan fingerprint density at radius 1 is 0.769 bits per heavy atom. The fraction of sp³-hybridized carbons (Fsp3) is 0.531. The number of nitrogens with zero attached hydrogens (tertiary/aromatic N) is 2. The van der Waals surface area contributed by atoms with Crippen LogP contribution in [0.4, 0.5) is 0 Å². The topological polar surface area (TPSA) is 101 Å². The lowest BCUT2D eigenvalue weighted by atomic mass is 9.80. The van der Waals surface area contributed by atoms with Gasteiger partial charge in [0.15, 0.2) is 0 Å². The van der Waals surface area contributed by atoms with Crippen LogP contribution in [-0.2, 0) is 19.2 Å². The SMILES string of the molecule is CCC1C(=O)N([C@H](C)c2ccccc2)CC1(C)C.CCC1C(=O)N([C@H](C)c2ccccc2)CC1(C)N.O=C=O. The van der Waals surface area contributed by atoms with E-state index in [-0.39, 0.29) is 41.4 Å². The van der Waals surface area contributed by atoms with Gasteiger partial charge in [0.1, 0.15) is 0 Å². The van der Waals surface area contributed by atoms with Crippen LogP contribution in [0.2, 0.25) is 0 Å². The molecule has 0 saturated carbocycles. The molecule has 0 radical (unpaired) electrons.